The Morgan fingerprint density at radius 1 is 1.00 bits per heavy atom. The fraction of sp³-hybridized carbons (Fsp3) is 0.154. The predicted octanol–water partition coefficient (Wildman–Crippen LogP) is 3.98. The zero-order valence-corrected chi connectivity index (χ0v) is 19.0. The van der Waals surface area contributed by atoms with Gasteiger partial charge in [-0.1, -0.05) is 18.2 Å². The molecule has 0 saturated carbocycles. The Morgan fingerprint density at radius 2 is 1.83 bits per heavy atom. The first kappa shape index (κ1) is 23.1. The number of nitrogens with zero attached hydrogens (tertiary/aromatic N) is 6. The Balaban J connectivity index is 1.44. The van der Waals surface area contributed by atoms with Crippen molar-refractivity contribution >= 4 is 16.6 Å². The van der Waals surface area contributed by atoms with E-state index in [1.165, 1.54) is 23.4 Å². The number of nitrogens with one attached hydrogen (secondary N) is 1. The fourth-order valence-corrected chi connectivity index (χ4v) is 4.13. The lowest BCUT2D eigenvalue weighted by Crippen LogP contribution is -2.37. The molecule has 0 saturated heterocycles. The molecular weight excluding hydrogens is 464 g/mol. The van der Waals surface area contributed by atoms with Crippen LogP contribution in [0.4, 0.5) is 14.5 Å². The highest BCUT2D eigenvalue weighted by molar-refractivity contribution is 5.82. The van der Waals surface area contributed by atoms with E-state index in [0.29, 0.717) is 12.1 Å². The molecule has 0 amide bonds. The Kier molecular flexibility index (Phi) is 6.14. The Hall–Kier alpha value is -4.62. The zero-order valence-electron chi connectivity index (χ0n) is 19.0. The number of nitriles is 1. The summed E-state index contributed by atoms with van der Waals surface area (Å²) >= 11 is 0. The van der Waals surface area contributed by atoms with Crippen LogP contribution in [0.3, 0.4) is 0 Å². The molecule has 3 aromatic carbocycles. The molecule has 1 unspecified atom stereocenters. The second-order valence-corrected chi connectivity index (χ2v) is 8.49. The van der Waals surface area contributed by atoms with Gasteiger partial charge in [0.1, 0.15) is 29.9 Å². The highest BCUT2D eigenvalue weighted by Gasteiger charge is 2.35. The second kappa shape index (κ2) is 9.56. The molecular formula is C26H21F2N7O. The standard InChI is InChI=1S/C26H21F2N7O/c27-21-6-8-23(24(28)9-21)26(36,14-34-17-30-16-33-34)15-35-25-10-22(7-5-20(25)13-32-35)31-12-19-3-1-18(11-29)2-4-19/h1-10,13,16-17,31,36H,12,14-15H2. The van der Waals surface area contributed by atoms with Gasteiger partial charge in [0.25, 0.3) is 0 Å². The van der Waals surface area contributed by atoms with Gasteiger partial charge in [-0.05, 0) is 42.0 Å². The number of benzene rings is 3. The van der Waals surface area contributed by atoms with Crippen LogP contribution >= 0.6 is 0 Å². The lowest BCUT2D eigenvalue weighted by Gasteiger charge is -2.29. The molecule has 0 aliphatic carbocycles. The van der Waals surface area contributed by atoms with Crippen molar-refractivity contribution in [3.05, 3.63) is 108 Å². The number of hydrogen-bond acceptors (Lipinski definition) is 6. The average molecular weight is 485 g/mol. The van der Waals surface area contributed by atoms with Crippen LogP contribution in [0.2, 0.25) is 0 Å². The van der Waals surface area contributed by atoms with Crippen LogP contribution in [-0.2, 0) is 25.2 Å². The van der Waals surface area contributed by atoms with Crippen LogP contribution in [0, 0.1) is 23.0 Å². The zero-order chi connectivity index (χ0) is 25.1. The summed E-state index contributed by atoms with van der Waals surface area (Å²) in [5.41, 5.74) is 1.28. The topological polar surface area (TPSA) is 105 Å². The van der Waals surface area contributed by atoms with Crippen LogP contribution in [0.1, 0.15) is 16.7 Å². The molecule has 10 heteroatoms. The van der Waals surface area contributed by atoms with Crippen LogP contribution < -0.4 is 5.32 Å². The van der Waals surface area contributed by atoms with E-state index in [1.807, 2.05) is 30.3 Å². The van der Waals surface area contributed by atoms with E-state index >= 15 is 0 Å². The van der Waals surface area contributed by atoms with Gasteiger partial charge in [-0.2, -0.15) is 15.5 Å². The van der Waals surface area contributed by atoms with Crippen molar-refractivity contribution in [2.45, 2.75) is 25.2 Å². The SMILES string of the molecule is N#Cc1ccc(CNc2ccc3cnn(CC(O)(Cn4cncn4)c4ccc(F)cc4F)c3c2)cc1. The first-order valence-electron chi connectivity index (χ1n) is 11.1. The second-order valence-electron chi connectivity index (χ2n) is 8.49. The molecule has 5 aromatic rings. The molecule has 5 rings (SSSR count). The third-order valence-corrected chi connectivity index (χ3v) is 5.96. The van der Waals surface area contributed by atoms with Crippen molar-refractivity contribution in [3.8, 4) is 6.07 Å². The van der Waals surface area contributed by atoms with Crippen molar-refractivity contribution in [1.29, 1.82) is 5.26 Å². The first-order chi connectivity index (χ1) is 17.4. The highest BCUT2D eigenvalue weighted by Crippen LogP contribution is 2.30. The van der Waals surface area contributed by atoms with E-state index in [-0.39, 0.29) is 18.7 Å². The smallest absolute Gasteiger partial charge is 0.137 e. The maximum atomic E-state index is 14.8. The van der Waals surface area contributed by atoms with E-state index in [2.05, 4.69) is 26.6 Å². The summed E-state index contributed by atoms with van der Waals surface area (Å²) in [7, 11) is 0. The van der Waals surface area contributed by atoms with Crippen LogP contribution in [0.5, 0.6) is 0 Å². The van der Waals surface area contributed by atoms with Crippen LogP contribution in [-0.4, -0.2) is 29.7 Å². The van der Waals surface area contributed by atoms with Crippen molar-refractivity contribution < 1.29 is 13.9 Å². The van der Waals surface area contributed by atoms with E-state index < -0.39 is 17.2 Å². The summed E-state index contributed by atoms with van der Waals surface area (Å²) in [5.74, 6) is -1.60. The summed E-state index contributed by atoms with van der Waals surface area (Å²) in [6.07, 6.45) is 4.39. The van der Waals surface area contributed by atoms with Crippen molar-refractivity contribution in [2.24, 2.45) is 0 Å². The third-order valence-electron chi connectivity index (χ3n) is 5.96. The molecule has 2 aromatic heterocycles. The monoisotopic (exact) mass is 485 g/mol. The molecule has 180 valence electrons. The number of anilines is 1. The quantitative estimate of drug-likeness (QED) is 0.345. The molecule has 0 spiro atoms. The molecule has 0 aliphatic rings. The number of halogens is 2. The van der Waals surface area contributed by atoms with Crippen molar-refractivity contribution in [2.75, 3.05) is 5.32 Å². The number of aromatic nitrogens is 5. The van der Waals surface area contributed by atoms with Crippen molar-refractivity contribution in [1.82, 2.24) is 24.5 Å². The summed E-state index contributed by atoms with van der Waals surface area (Å²) in [4.78, 5) is 3.89. The Labute approximate surface area is 205 Å². The van der Waals surface area contributed by atoms with Gasteiger partial charge in [-0.25, -0.2) is 18.4 Å². The Bertz CT molecular complexity index is 1540. The molecule has 36 heavy (non-hydrogen) atoms. The normalized spacial score (nSPS) is 12.8. The number of rotatable bonds is 8. The van der Waals surface area contributed by atoms with E-state index in [0.717, 1.165) is 34.3 Å². The summed E-state index contributed by atoms with van der Waals surface area (Å²) in [5, 5.41) is 33.3. The van der Waals surface area contributed by atoms with Gasteiger partial charge in [-0.15, -0.1) is 0 Å². The minimum Gasteiger partial charge on any atom is -0.381 e. The van der Waals surface area contributed by atoms with Gasteiger partial charge in [0.2, 0.25) is 0 Å². The maximum Gasteiger partial charge on any atom is 0.137 e. The fourth-order valence-electron chi connectivity index (χ4n) is 4.13. The molecule has 0 aliphatic heterocycles. The summed E-state index contributed by atoms with van der Waals surface area (Å²) in [6.45, 7) is 0.313. The van der Waals surface area contributed by atoms with Gasteiger partial charge < -0.3 is 10.4 Å². The minimum absolute atomic E-state index is 0.0712. The largest absolute Gasteiger partial charge is 0.381 e. The number of hydrogen-bond donors (Lipinski definition) is 2. The minimum atomic E-state index is -1.80. The van der Waals surface area contributed by atoms with Gasteiger partial charge in [-0.3, -0.25) is 4.68 Å². The van der Waals surface area contributed by atoms with Crippen LogP contribution in [0.25, 0.3) is 10.9 Å². The lowest BCUT2D eigenvalue weighted by molar-refractivity contribution is -0.00734. The summed E-state index contributed by atoms with van der Waals surface area (Å²) in [6, 6.07) is 18.2. The first-order valence-corrected chi connectivity index (χ1v) is 11.1. The molecule has 0 bridgehead atoms. The molecule has 2 N–H and O–H groups in total. The van der Waals surface area contributed by atoms with E-state index in [4.69, 9.17) is 5.26 Å². The molecule has 2 heterocycles. The maximum absolute atomic E-state index is 14.8. The molecule has 8 nitrogen and oxygen atoms in total. The van der Waals surface area contributed by atoms with E-state index in [1.54, 1.807) is 23.0 Å². The summed E-state index contributed by atoms with van der Waals surface area (Å²) < 4.78 is 31.3. The average Bonchev–Trinajstić information content (AvgIpc) is 3.52. The van der Waals surface area contributed by atoms with Crippen LogP contribution in [0.15, 0.2) is 79.5 Å². The van der Waals surface area contributed by atoms with Gasteiger partial charge in [0.15, 0.2) is 0 Å². The number of fused-ring (bicyclic) bond motifs is 1. The molecule has 0 radical (unpaired) electrons. The Morgan fingerprint density at radius 3 is 2.56 bits per heavy atom. The third kappa shape index (κ3) is 4.78. The van der Waals surface area contributed by atoms with E-state index in [9.17, 15) is 13.9 Å². The lowest BCUT2D eigenvalue weighted by atomic mass is 9.92. The predicted molar refractivity (Wildman–Crippen MR) is 128 cm³/mol. The highest BCUT2D eigenvalue weighted by atomic mass is 19.1. The van der Waals surface area contributed by atoms with Gasteiger partial charge in [0.05, 0.1) is 36.4 Å². The number of aliphatic hydroxyl groups is 1. The van der Waals surface area contributed by atoms with Gasteiger partial charge >= 0.3 is 0 Å². The van der Waals surface area contributed by atoms with Gasteiger partial charge in [0, 0.05) is 29.2 Å². The molecule has 1 atom stereocenters. The van der Waals surface area contributed by atoms with Crippen molar-refractivity contribution in [3.63, 3.8) is 0 Å². The molecule has 0 fully saturated rings.